The number of hydrogen-bond acceptors (Lipinski definition) is 6. The van der Waals surface area contributed by atoms with E-state index in [2.05, 4.69) is 10.3 Å². The van der Waals surface area contributed by atoms with Gasteiger partial charge in [-0.1, -0.05) is 12.2 Å². The van der Waals surface area contributed by atoms with Gasteiger partial charge in [0.1, 0.15) is 0 Å². The summed E-state index contributed by atoms with van der Waals surface area (Å²) in [4.78, 5) is 17.4. The van der Waals surface area contributed by atoms with Crippen molar-refractivity contribution in [3.05, 3.63) is 11.6 Å². The number of rotatable bonds is 5. The summed E-state index contributed by atoms with van der Waals surface area (Å²) >= 11 is 6.36. The molecule has 98 valence electrons. The molecule has 1 heterocycles. The van der Waals surface area contributed by atoms with Crippen LogP contribution in [0.4, 0.5) is 5.13 Å². The number of hydrogen-bond donors (Lipinski definition) is 1. The molecule has 6 nitrogen and oxygen atoms in total. The molecule has 0 saturated heterocycles. The van der Waals surface area contributed by atoms with E-state index in [4.69, 9.17) is 22.7 Å². The van der Waals surface area contributed by atoms with E-state index in [9.17, 15) is 4.79 Å². The summed E-state index contributed by atoms with van der Waals surface area (Å²) in [6.45, 7) is 0.671. The van der Waals surface area contributed by atoms with Crippen LogP contribution < -0.4 is 5.32 Å². The fraction of sp³-hybridized carbons (Fsp3) is 0.364. The zero-order valence-corrected chi connectivity index (χ0v) is 11.6. The topological polar surface area (TPSA) is 92.8 Å². The van der Waals surface area contributed by atoms with E-state index in [0.29, 0.717) is 18.2 Å². The van der Waals surface area contributed by atoms with Crippen molar-refractivity contribution in [2.75, 3.05) is 18.4 Å². The molecule has 8 heteroatoms. The molecule has 0 aliphatic carbocycles. The maximum Gasteiger partial charge on any atom is 0.285 e. The lowest BCUT2D eigenvalue weighted by Gasteiger charge is -2.21. The van der Waals surface area contributed by atoms with E-state index in [1.165, 1.54) is 11.3 Å². The Labute approximate surface area is 120 Å². The first-order valence-corrected chi connectivity index (χ1v) is 6.71. The highest BCUT2D eigenvalue weighted by atomic mass is 32.1. The SMILES string of the molecule is N#CCCN(CCC#N)C(=S)C(=O)Nc1nccs1. The van der Waals surface area contributed by atoms with Gasteiger partial charge in [-0.25, -0.2) is 4.98 Å². The highest BCUT2D eigenvalue weighted by molar-refractivity contribution is 7.82. The fourth-order valence-electron chi connectivity index (χ4n) is 1.26. The van der Waals surface area contributed by atoms with E-state index in [-0.39, 0.29) is 17.8 Å². The van der Waals surface area contributed by atoms with Gasteiger partial charge in [-0.3, -0.25) is 10.1 Å². The lowest BCUT2D eigenvalue weighted by molar-refractivity contribution is -0.110. The van der Waals surface area contributed by atoms with Gasteiger partial charge in [-0.15, -0.1) is 11.3 Å². The van der Waals surface area contributed by atoms with Crippen molar-refractivity contribution in [1.82, 2.24) is 9.88 Å². The number of nitrogens with one attached hydrogen (secondary N) is 1. The molecule has 0 radical (unpaired) electrons. The van der Waals surface area contributed by atoms with Crippen molar-refractivity contribution < 1.29 is 4.79 Å². The summed E-state index contributed by atoms with van der Waals surface area (Å²) < 4.78 is 0. The molecule has 0 aromatic carbocycles. The van der Waals surface area contributed by atoms with E-state index >= 15 is 0 Å². The molecule has 19 heavy (non-hydrogen) atoms. The lowest BCUT2D eigenvalue weighted by atomic mass is 10.3. The predicted octanol–water partition coefficient (Wildman–Crippen LogP) is 1.54. The van der Waals surface area contributed by atoms with E-state index in [1.54, 1.807) is 16.5 Å². The number of carbonyl (C=O) groups excluding carboxylic acids is 1. The molecule has 0 saturated carbocycles. The van der Waals surface area contributed by atoms with Crippen molar-refractivity contribution in [2.45, 2.75) is 12.8 Å². The summed E-state index contributed by atoms with van der Waals surface area (Å²) in [6.07, 6.45) is 2.07. The molecule has 1 rings (SSSR count). The van der Waals surface area contributed by atoms with E-state index < -0.39 is 5.91 Å². The van der Waals surface area contributed by atoms with Gasteiger partial charge in [0.05, 0.1) is 25.0 Å². The Balaban J connectivity index is 2.61. The van der Waals surface area contributed by atoms with Crippen molar-refractivity contribution in [2.24, 2.45) is 0 Å². The highest BCUT2D eigenvalue weighted by Gasteiger charge is 2.17. The molecule has 1 aromatic rings. The predicted molar refractivity (Wildman–Crippen MR) is 75.4 cm³/mol. The second-order valence-corrected chi connectivity index (χ2v) is 4.68. The molecule has 0 aliphatic heterocycles. The Kier molecular flexibility index (Phi) is 6.44. The third kappa shape index (κ3) is 5.00. The van der Waals surface area contributed by atoms with Crippen LogP contribution in [0.25, 0.3) is 0 Å². The number of thiazole rings is 1. The smallest absolute Gasteiger partial charge is 0.285 e. The molecule has 0 fully saturated rings. The second-order valence-electron chi connectivity index (χ2n) is 3.40. The number of carbonyl (C=O) groups is 1. The summed E-state index contributed by atoms with van der Waals surface area (Å²) in [7, 11) is 0. The largest absolute Gasteiger partial charge is 0.356 e. The van der Waals surface area contributed by atoms with Gasteiger partial charge >= 0.3 is 0 Å². The van der Waals surface area contributed by atoms with Crippen LogP contribution in [0.15, 0.2) is 11.6 Å². The Hall–Kier alpha value is -2.03. The molecule has 1 amide bonds. The van der Waals surface area contributed by atoms with Crippen molar-refractivity contribution >= 4 is 39.6 Å². The minimum atomic E-state index is -0.444. The van der Waals surface area contributed by atoms with Crippen LogP contribution >= 0.6 is 23.6 Å². The molecular formula is C11H11N5OS2. The molecule has 0 bridgehead atoms. The Morgan fingerprint density at radius 1 is 1.42 bits per heavy atom. The third-order valence-corrected chi connectivity index (χ3v) is 3.25. The van der Waals surface area contributed by atoms with Crippen LogP contribution in [-0.2, 0) is 4.79 Å². The number of amides is 1. The van der Waals surface area contributed by atoms with Gasteiger partial charge in [-0.05, 0) is 0 Å². The summed E-state index contributed by atoms with van der Waals surface area (Å²) in [5.74, 6) is -0.444. The Bertz CT molecular complexity index is 496. The van der Waals surface area contributed by atoms with Crippen LogP contribution in [0.3, 0.4) is 0 Å². The number of anilines is 1. The maximum atomic E-state index is 11.9. The van der Waals surface area contributed by atoms with E-state index in [0.717, 1.165) is 0 Å². The Morgan fingerprint density at radius 3 is 2.53 bits per heavy atom. The molecular weight excluding hydrogens is 282 g/mol. The van der Waals surface area contributed by atoms with Crippen LogP contribution in [0.2, 0.25) is 0 Å². The van der Waals surface area contributed by atoms with E-state index in [1.807, 2.05) is 12.1 Å². The lowest BCUT2D eigenvalue weighted by Crippen LogP contribution is -2.39. The summed E-state index contributed by atoms with van der Waals surface area (Å²) in [6, 6.07) is 3.98. The third-order valence-electron chi connectivity index (χ3n) is 2.12. The van der Waals surface area contributed by atoms with Crippen LogP contribution in [0.5, 0.6) is 0 Å². The molecule has 0 aliphatic rings. The quantitative estimate of drug-likeness (QED) is 0.828. The molecule has 0 spiro atoms. The first-order valence-electron chi connectivity index (χ1n) is 5.42. The van der Waals surface area contributed by atoms with Crippen LogP contribution in [-0.4, -0.2) is 33.9 Å². The Morgan fingerprint density at radius 2 is 2.05 bits per heavy atom. The first kappa shape index (κ1) is 15.0. The second kappa shape index (κ2) is 8.14. The van der Waals surface area contributed by atoms with Crippen LogP contribution in [0, 0.1) is 22.7 Å². The normalized spacial score (nSPS) is 9.16. The van der Waals surface area contributed by atoms with Gasteiger partial charge in [0, 0.05) is 24.7 Å². The van der Waals surface area contributed by atoms with Crippen molar-refractivity contribution in [1.29, 1.82) is 10.5 Å². The van der Waals surface area contributed by atoms with Crippen molar-refractivity contribution in [3.8, 4) is 12.1 Å². The van der Waals surface area contributed by atoms with Gasteiger partial charge in [0.2, 0.25) is 0 Å². The zero-order chi connectivity index (χ0) is 14.1. The van der Waals surface area contributed by atoms with Gasteiger partial charge in [-0.2, -0.15) is 10.5 Å². The van der Waals surface area contributed by atoms with Gasteiger partial charge < -0.3 is 4.90 Å². The summed E-state index contributed by atoms with van der Waals surface area (Å²) in [5, 5.41) is 21.9. The molecule has 1 N–H and O–H groups in total. The van der Waals surface area contributed by atoms with Gasteiger partial charge in [0.15, 0.2) is 10.1 Å². The standard InChI is InChI=1S/C11H11N5OS2/c12-3-1-6-16(7-2-4-13)10(18)9(17)15-11-14-5-8-19-11/h5,8H,1-2,6-7H2,(H,14,15,17). The monoisotopic (exact) mass is 293 g/mol. The highest BCUT2D eigenvalue weighted by Crippen LogP contribution is 2.10. The molecule has 0 unspecified atom stereocenters. The molecule has 1 aromatic heterocycles. The fourth-order valence-corrected chi connectivity index (χ4v) is 2.02. The molecule has 0 atom stereocenters. The first-order chi connectivity index (χ1) is 9.19. The van der Waals surface area contributed by atoms with Crippen LogP contribution in [0.1, 0.15) is 12.8 Å². The average Bonchev–Trinajstić information content (AvgIpc) is 2.91. The minimum absolute atomic E-state index is 0.0701. The number of aromatic nitrogens is 1. The number of thiocarbonyl (C=S) groups is 1. The zero-order valence-electron chi connectivity index (χ0n) is 10.00. The number of nitriles is 2. The minimum Gasteiger partial charge on any atom is -0.356 e. The maximum absolute atomic E-state index is 11.9. The number of nitrogens with zero attached hydrogens (tertiary/aromatic N) is 4. The average molecular weight is 293 g/mol. The van der Waals surface area contributed by atoms with Gasteiger partial charge in [0.25, 0.3) is 5.91 Å². The van der Waals surface area contributed by atoms with Crippen molar-refractivity contribution in [3.63, 3.8) is 0 Å². The summed E-state index contributed by atoms with van der Waals surface area (Å²) in [5.41, 5.74) is 0.